The summed E-state index contributed by atoms with van der Waals surface area (Å²) >= 11 is 0. The lowest BCUT2D eigenvalue weighted by Crippen LogP contribution is -2.42. The molecule has 0 radical (unpaired) electrons. The van der Waals surface area contributed by atoms with Crippen LogP contribution in [0.3, 0.4) is 0 Å². The van der Waals surface area contributed by atoms with Gasteiger partial charge in [0.2, 0.25) is 23.6 Å². The summed E-state index contributed by atoms with van der Waals surface area (Å²) in [6.45, 7) is 7.05. The number of ether oxygens (including phenoxy) is 1. The Bertz CT molecular complexity index is 3070. The summed E-state index contributed by atoms with van der Waals surface area (Å²) in [6, 6.07) is 16.9. The van der Waals surface area contributed by atoms with Crippen LogP contribution in [0, 0.1) is 18.7 Å². The first-order valence-corrected chi connectivity index (χ1v) is 26.7. The Morgan fingerprint density at radius 3 is 2.30 bits per heavy atom. The topological polar surface area (TPSA) is 260 Å². The largest absolute Gasteiger partial charge is 0.468 e. The molecule has 0 bridgehead atoms. The number of aryl methyl sites for hydroxylation is 1. The van der Waals surface area contributed by atoms with Crippen LogP contribution in [0.1, 0.15) is 86.9 Å². The number of carbonyl (C=O) groups is 5. The maximum Gasteiger partial charge on any atom is 0.325 e. The molecule has 21 nitrogen and oxygen atoms in total. The minimum absolute atomic E-state index is 0.0564. The highest BCUT2D eigenvalue weighted by Crippen LogP contribution is 2.36. The highest BCUT2D eigenvalue weighted by molar-refractivity contribution is 5.99. The second kappa shape index (κ2) is 25.1. The van der Waals surface area contributed by atoms with Crippen molar-refractivity contribution in [2.24, 2.45) is 11.7 Å². The number of benzene rings is 3. The zero-order valence-corrected chi connectivity index (χ0v) is 43.8. The summed E-state index contributed by atoms with van der Waals surface area (Å²) in [5.74, 6) is -0.145. The van der Waals surface area contributed by atoms with Crippen LogP contribution in [0.5, 0.6) is 0 Å². The van der Waals surface area contributed by atoms with Crippen molar-refractivity contribution < 1.29 is 38.2 Å². The molecule has 0 aliphatic carbocycles. The van der Waals surface area contributed by atoms with Gasteiger partial charge in [0.25, 0.3) is 0 Å². The Morgan fingerprint density at radius 2 is 1.56 bits per heavy atom. The molecule has 3 saturated heterocycles. The third-order valence-corrected chi connectivity index (χ3v) is 15.0. The number of piperidine rings is 3. The number of hydrogen-bond donors (Lipinski definition) is 6. The van der Waals surface area contributed by atoms with E-state index in [2.05, 4.69) is 63.1 Å². The molecule has 3 aromatic heterocycles. The standard InChI is InChI=1S/C55H69FN14O7/c1-35-52-41(8-6-9-44(52)70(65-35)34-49(73)59-30-47(71)60-31-51(75)77-2)42-27-45-39(26-43(42)56)28-62-69(45)32-36-15-22-66(23-16-36)33-48(72)58-19-7-10-50(74)68-24-17-38(18-25-68)37-11-13-40(14-12-37)63-55-53(54(57)76)61-29-46(64-55)67-20-4-3-5-21-67/h6,8-9,11-14,26-29,36,38,54,76H,3-5,7,10,15-25,30-34,57H2,1-2H3,(H,58,72)(H,59,73)(H,60,71)(H,63,64). The van der Waals surface area contributed by atoms with E-state index in [9.17, 15) is 29.1 Å². The van der Waals surface area contributed by atoms with E-state index >= 15 is 4.39 Å². The first-order chi connectivity index (χ1) is 37.3. The summed E-state index contributed by atoms with van der Waals surface area (Å²) in [6.07, 6.45) is 9.93. The van der Waals surface area contributed by atoms with Gasteiger partial charge in [0, 0.05) is 67.7 Å². The fourth-order valence-corrected chi connectivity index (χ4v) is 10.8. The van der Waals surface area contributed by atoms with Crippen LogP contribution in [0.15, 0.2) is 67.0 Å². The van der Waals surface area contributed by atoms with Crippen molar-refractivity contribution in [1.82, 2.24) is 55.3 Å². The number of aliphatic hydroxyl groups excluding tert-OH is 1. The van der Waals surface area contributed by atoms with Crippen molar-refractivity contribution in [2.45, 2.75) is 89.9 Å². The SMILES string of the molecule is COC(=O)CNC(=O)CNC(=O)Cn1nc(C)c2c(-c3cc4c(cnn4CC4CCN(CC(=O)NCCCC(=O)N5CCC(c6ccc(Nc7nc(N8CCCCC8)cnc7C(N)O)cc6)CC5)CC4)cc3F)cccc21. The molecule has 1 atom stereocenters. The van der Waals surface area contributed by atoms with Gasteiger partial charge in [0.1, 0.15) is 36.6 Å². The number of esters is 1. The van der Waals surface area contributed by atoms with Gasteiger partial charge in [-0.25, -0.2) is 14.4 Å². The van der Waals surface area contributed by atoms with Gasteiger partial charge in [-0.05, 0) is 125 Å². The maximum absolute atomic E-state index is 15.9. The summed E-state index contributed by atoms with van der Waals surface area (Å²) < 4.78 is 23.9. The molecule has 4 amide bonds. The molecule has 408 valence electrons. The number of nitrogens with zero attached hydrogens (tertiary/aromatic N) is 9. The number of carbonyl (C=O) groups excluding carboxylic acids is 5. The van der Waals surface area contributed by atoms with Crippen LogP contribution >= 0.6 is 0 Å². The molecule has 0 spiro atoms. The minimum atomic E-state index is -1.26. The van der Waals surface area contributed by atoms with Crippen LogP contribution in [-0.2, 0) is 41.8 Å². The number of rotatable bonds is 20. The third kappa shape index (κ3) is 13.5. The zero-order chi connectivity index (χ0) is 54.0. The second-order valence-corrected chi connectivity index (χ2v) is 20.3. The van der Waals surface area contributed by atoms with Gasteiger partial charge in [0.15, 0.2) is 5.82 Å². The molecule has 3 aliphatic rings. The van der Waals surface area contributed by atoms with E-state index in [1.54, 1.807) is 25.4 Å². The Labute approximate surface area is 446 Å². The number of fused-ring (bicyclic) bond motifs is 2. The smallest absolute Gasteiger partial charge is 0.325 e. The van der Waals surface area contributed by atoms with Gasteiger partial charge in [-0.2, -0.15) is 10.2 Å². The number of likely N-dealkylation sites (tertiary alicyclic amines) is 2. The molecule has 3 aliphatic heterocycles. The predicted molar refractivity (Wildman–Crippen MR) is 288 cm³/mol. The van der Waals surface area contributed by atoms with Gasteiger partial charge >= 0.3 is 5.97 Å². The number of aliphatic hydroxyl groups is 1. The lowest BCUT2D eigenvalue weighted by atomic mass is 9.89. The van der Waals surface area contributed by atoms with Crippen molar-refractivity contribution in [1.29, 1.82) is 0 Å². The lowest BCUT2D eigenvalue weighted by molar-refractivity contribution is -0.141. The van der Waals surface area contributed by atoms with E-state index in [0.29, 0.717) is 95.5 Å². The molecule has 22 heteroatoms. The van der Waals surface area contributed by atoms with Crippen LogP contribution in [0.25, 0.3) is 32.9 Å². The summed E-state index contributed by atoms with van der Waals surface area (Å²) in [4.78, 5) is 77.9. The molecule has 3 aromatic carbocycles. The van der Waals surface area contributed by atoms with Crippen LogP contribution < -0.4 is 31.9 Å². The molecule has 9 rings (SSSR count). The van der Waals surface area contributed by atoms with Gasteiger partial charge in [-0.15, -0.1) is 0 Å². The van der Waals surface area contributed by atoms with E-state index in [1.165, 1.54) is 29.8 Å². The second-order valence-electron chi connectivity index (χ2n) is 20.3. The van der Waals surface area contributed by atoms with E-state index < -0.39 is 29.8 Å². The van der Waals surface area contributed by atoms with Crippen molar-refractivity contribution in [3.8, 4) is 11.1 Å². The summed E-state index contributed by atoms with van der Waals surface area (Å²) in [5.41, 5.74) is 11.2. The number of halogens is 1. The summed E-state index contributed by atoms with van der Waals surface area (Å²) in [5, 5.41) is 32.0. The number of hydrogen-bond acceptors (Lipinski definition) is 15. The van der Waals surface area contributed by atoms with Crippen molar-refractivity contribution in [3.63, 3.8) is 0 Å². The number of nitrogens with two attached hydrogens (primary N) is 1. The van der Waals surface area contributed by atoms with Crippen LogP contribution in [0.2, 0.25) is 0 Å². The predicted octanol–water partition coefficient (Wildman–Crippen LogP) is 4.39. The highest BCUT2D eigenvalue weighted by Gasteiger charge is 2.26. The van der Waals surface area contributed by atoms with Crippen LogP contribution in [0.4, 0.5) is 21.7 Å². The molecule has 77 heavy (non-hydrogen) atoms. The molecule has 7 N–H and O–H groups in total. The fraction of sp³-hybridized carbons (Fsp3) is 0.473. The number of aromatic nitrogens is 6. The van der Waals surface area contributed by atoms with Gasteiger partial charge < -0.3 is 46.6 Å². The molecule has 3 fully saturated rings. The molecule has 1 unspecified atom stereocenters. The Morgan fingerprint density at radius 1 is 0.818 bits per heavy atom. The molecule has 0 saturated carbocycles. The molecule has 6 aromatic rings. The van der Waals surface area contributed by atoms with E-state index in [-0.39, 0.29) is 38.0 Å². The van der Waals surface area contributed by atoms with Gasteiger partial charge in [0.05, 0.1) is 49.3 Å². The van der Waals surface area contributed by atoms with E-state index in [1.807, 2.05) is 39.9 Å². The molecular formula is C55H69FN14O7. The first-order valence-electron chi connectivity index (χ1n) is 26.7. The van der Waals surface area contributed by atoms with E-state index in [0.717, 1.165) is 81.7 Å². The maximum atomic E-state index is 15.9. The first kappa shape index (κ1) is 54.2. The Balaban J connectivity index is 0.690. The number of methoxy groups -OCH3 is 1. The number of anilines is 3. The average molecular weight is 1060 g/mol. The van der Waals surface area contributed by atoms with Crippen LogP contribution in [-0.4, -0.2) is 147 Å². The monoisotopic (exact) mass is 1060 g/mol. The van der Waals surface area contributed by atoms with Crippen molar-refractivity contribution in [3.05, 3.63) is 89.8 Å². The quantitative estimate of drug-likeness (QED) is 0.0352. The lowest BCUT2D eigenvalue weighted by Gasteiger charge is -2.32. The Kier molecular flexibility index (Phi) is 17.7. The fourth-order valence-electron chi connectivity index (χ4n) is 10.8. The van der Waals surface area contributed by atoms with Crippen molar-refractivity contribution >= 4 is 68.7 Å². The average Bonchev–Trinajstić information content (AvgIpc) is 4.07. The number of amides is 4. The molecule has 6 heterocycles. The minimum Gasteiger partial charge on any atom is -0.468 e. The van der Waals surface area contributed by atoms with Gasteiger partial charge in [-0.3, -0.25) is 38.2 Å². The van der Waals surface area contributed by atoms with Gasteiger partial charge in [-0.1, -0.05) is 24.3 Å². The number of nitrogens with one attached hydrogen (secondary N) is 4. The third-order valence-electron chi connectivity index (χ3n) is 15.0. The molecular weight excluding hydrogens is 988 g/mol. The zero-order valence-electron chi connectivity index (χ0n) is 43.8. The highest BCUT2D eigenvalue weighted by atomic mass is 19.1. The van der Waals surface area contributed by atoms with E-state index in [4.69, 9.17) is 10.7 Å². The van der Waals surface area contributed by atoms with Crippen molar-refractivity contribution in [2.75, 3.05) is 82.8 Å². The Hall–Kier alpha value is -7.56. The summed E-state index contributed by atoms with van der Waals surface area (Å²) in [7, 11) is 1.21. The normalized spacial score (nSPS) is 16.1.